The van der Waals surface area contributed by atoms with E-state index in [0.29, 0.717) is 5.82 Å². The quantitative estimate of drug-likeness (QED) is 0.674. The van der Waals surface area contributed by atoms with E-state index in [9.17, 15) is 13.2 Å². The highest BCUT2D eigenvalue weighted by atomic mass is 32.2. The van der Waals surface area contributed by atoms with E-state index >= 15 is 0 Å². The number of hydrogen-bond acceptors (Lipinski definition) is 6. The van der Waals surface area contributed by atoms with E-state index < -0.39 is 10.2 Å². The first-order valence-electron chi connectivity index (χ1n) is 6.00. The summed E-state index contributed by atoms with van der Waals surface area (Å²) in [4.78, 5) is 15.5. The molecule has 0 fully saturated rings. The maximum atomic E-state index is 11.7. The molecule has 0 aromatic carbocycles. The van der Waals surface area contributed by atoms with Crippen LogP contribution in [0.3, 0.4) is 0 Å². The van der Waals surface area contributed by atoms with Crippen LogP contribution < -0.4 is 10.3 Å². The maximum Gasteiger partial charge on any atom is 0.278 e. The van der Waals surface area contributed by atoms with Crippen molar-refractivity contribution >= 4 is 10.2 Å². The van der Waals surface area contributed by atoms with Crippen LogP contribution in [0.2, 0.25) is 0 Å². The fourth-order valence-electron chi connectivity index (χ4n) is 1.46. The minimum Gasteiger partial charge on any atom is -0.268 e. The number of aromatic nitrogens is 5. The van der Waals surface area contributed by atoms with Gasteiger partial charge < -0.3 is 0 Å². The summed E-state index contributed by atoms with van der Waals surface area (Å²) in [5.74, 6) is 0.419. The molecular formula is C10H15N7O3S. The van der Waals surface area contributed by atoms with Gasteiger partial charge in [-0.3, -0.25) is 4.79 Å². The van der Waals surface area contributed by atoms with Gasteiger partial charge in [0.2, 0.25) is 0 Å². The minimum absolute atomic E-state index is 0.0498. The average molecular weight is 313 g/mol. The van der Waals surface area contributed by atoms with E-state index in [1.54, 1.807) is 0 Å². The highest BCUT2D eigenvalue weighted by Crippen LogP contribution is 1.96. The first-order chi connectivity index (χ1) is 9.90. The van der Waals surface area contributed by atoms with Crippen molar-refractivity contribution in [1.82, 2.24) is 33.6 Å². The van der Waals surface area contributed by atoms with Gasteiger partial charge in [-0.25, -0.2) is 19.1 Å². The molecule has 0 unspecified atom stereocenters. The Morgan fingerprint density at radius 3 is 2.71 bits per heavy atom. The lowest BCUT2D eigenvalue weighted by Gasteiger charge is -2.12. The van der Waals surface area contributed by atoms with E-state index in [2.05, 4.69) is 19.9 Å². The summed E-state index contributed by atoms with van der Waals surface area (Å²) in [6.07, 6.45) is 2.80. The molecule has 0 amide bonds. The SMILES string of the molecule is CN(C)S(=O)(=O)NCCn1nc(-n2cncn2)ccc1=O. The lowest BCUT2D eigenvalue weighted by molar-refractivity contribution is 0.493. The Labute approximate surface area is 121 Å². The second kappa shape index (κ2) is 6.11. The average Bonchev–Trinajstić information content (AvgIpc) is 2.94. The fraction of sp³-hybridized carbons (Fsp3) is 0.400. The van der Waals surface area contributed by atoms with Gasteiger partial charge in [0.25, 0.3) is 15.8 Å². The zero-order valence-electron chi connectivity index (χ0n) is 11.5. The van der Waals surface area contributed by atoms with Crippen LogP contribution in [0.1, 0.15) is 0 Å². The van der Waals surface area contributed by atoms with Crippen LogP contribution in [0, 0.1) is 0 Å². The van der Waals surface area contributed by atoms with Crippen LogP contribution in [0.25, 0.3) is 5.82 Å². The third kappa shape index (κ3) is 3.71. The highest BCUT2D eigenvalue weighted by molar-refractivity contribution is 7.87. The summed E-state index contributed by atoms with van der Waals surface area (Å²) >= 11 is 0. The van der Waals surface area contributed by atoms with Crippen LogP contribution in [0.5, 0.6) is 0 Å². The normalized spacial score (nSPS) is 12.0. The first-order valence-corrected chi connectivity index (χ1v) is 7.44. The molecule has 0 spiro atoms. The molecule has 0 saturated carbocycles. The van der Waals surface area contributed by atoms with Gasteiger partial charge in [0.05, 0.1) is 6.54 Å². The molecule has 114 valence electrons. The molecule has 1 N–H and O–H groups in total. The molecule has 21 heavy (non-hydrogen) atoms. The standard InChI is InChI=1S/C10H15N7O3S/c1-15(2)21(19,20)13-5-6-16-10(18)4-3-9(14-16)17-8-11-7-12-17/h3-4,7-8,13H,5-6H2,1-2H3. The predicted molar refractivity (Wildman–Crippen MR) is 74.0 cm³/mol. The lowest BCUT2D eigenvalue weighted by atomic mass is 10.5. The Morgan fingerprint density at radius 1 is 1.33 bits per heavy atom. The van der Waals surface area contributed by atoms with Gasteiger partial charge in [0.15, 0.2) is 5.82 Å². The van der Waals surface area contributed by atoms with E-state index in [-0.39, 0.29) is 18.6 Å². The van der Waals surface area contributed by atoms with Crippen LogP contribution in [0.4, 0.5) is 0 Å². The van der Waals surface area contributed by atoms with Crippen molar-refractivity contribution in [1.29, 1.82) is 0 Å². The fourth-order valence-corrected chi connectivity index (χ4v) is 2.06. The third-order valence-corrected chi connectivity index (χ3v) is 4.13. The summed E-state index contributed by atoms with van der Waals surface area (Å²) in [6, 6.07) is 2.85. The molecule has 0 aliphatic rings. The van der Waals surface area contributed by atoms with Gasteiger partial charge in [-0.1, -0.05) is 0 Å². The second-order valence-electron chi connectivity index (χ2n) is 4.27. The van der Waals surface area contributed by atoms with Crippen LogP contribution in [0.15, 0.2) is 29.6 Å². The van der Waals surface area contributed by atoms with E-state index in [0.717, 1.165) is 8.99 Å². The van der Waals surface area contributed by atoms with Crippen molar-refractivity contribution in [2.24, 2.45) is 0 Å². The molecule has 2 aromatic rings. The molecular weight excluding hydrogens is 298 g/mol. The molecule has 10 nitrogen and oxygen atoms in total. The van der Waals surface area contributed by atoms with Crippen LogP contribution in [-0.2, 0) is 16.8 Å². The van der Waals surface area contributed by atoms with Crippen molar-refractivity contribution in [2.75, 3.05) is 20.6 Å². The highest BCUT2D eigenvalue weighted by Gasteiger charge is 2.12. The molecule has 2 aromatic heterocycles. The summed E-state index contributed by atoms with van der Waals surface area (Å²) in [5, 5.41) is 8.00. The van der Waals surface area contributed by atoms with Crippen molar-refractivity contribution < 1.29 is 8.42 Å². The van der Waals surface area contributed by atoms with Gasteiger partial charge in [-0.2, -0.15) is 17.8 Å². The van der Waals surface area contributed by atoms with Crippen LogP contribution in [-0.4, -0.2) is 57.9 Å². The molecule has 0 atom stereocenters. The third-order valence-electron chi connectivity index (χ3n) is 2.59. The molecule has 2 rings (SSSR count). The Morgan fingerprint density at radius 2 is 2.10 bits per heavy atom. The predicted octanol–water partition coefficient (Wildman–Crippen LogP) is -1.78. The molecule has 0 radical (unpaired) electrons. The molecule has 2 heterocycles. The van der Waals surface area contributed by atoms with Gasteiger partial charge >= 0.3 is 0 Å². The second-order valence-corrected chi connectivity index (χ2v) is 6.24. The lowest BCUT2D eigenvalue weighted by Crippen LogP contribution is -2.38. The first kappa shape index (κ1) is 15.3. The van der Waals surface area contributed by atoms with Gasteiger partial charge in [0, 0.05) is 26.7 Å². The molecule has 0 aliphatic carbocycles. The van der Waals surface area contributed by atoms with Gasteiger partial charge in [0.1, 0.15) is 12.7 Å². The molecule has 11 heteroatoms. The van der Waals surface area contributed by atoms with Gasteiger partial charge in [-0.05, 0) is 6.07 Å². The number of nitrogens with one attached hydrogen (secondary N) is 1. The monoisotopic (exact) mass is 313 g/mol. The molecule has 0 bridgehead atoms. The summed E-state index contributed by atoms with van der Waals surface area (Å²) in [6.45, 7) is 0.155. The van der Waals surface area contributed by atoms with Crippen molar-refractivity contribution in [3.8, 4) is 5.82 Å². The zero-order valence-corrected chi connectivity index (χ0v) is 12.4. The smallest absolute Gasteiger partial charge is 0.268 e. The minimum atomic E-state index is -3.52. The summed E-state index contributed by atoms with van der Waals surface area (Å²) in [5.41, 5.74) is -0.331. The number of rotatable bonds is 6. The Bertz CT molecular complexity index is 751. The van der Waals surface area contributed by atoms with E-state index in [1.807, 2.05) is 0 Å². The van der Waals surface area contributed by atoms with E-state index in [1.165, 1.54) is 43.6 Å². The summed E-state index contributed by atoms with van der Waals surface area (Å²) < 4.78 is 29.1. The van der Waals surface area contributed by atoms with Gasteiger partial charge in [-0.15, -0.1) is 5.10 Å². The van der Waals surface area contributed by atoms with Crippen molar-refractivity contribution in [3.05, 3.63) is 35.1 Å². The largest absolute Gasteiger partial charge is 0.278 e. The number of hydrogen-bond donors (Lipinski definition) is 1. The maximum absolute atomic E-state index is 11.7. The topological polar surface area (TPSA) is 115 Å². The number of nitrogens with zero attached hydrogens (tertiary/aromatic N) is 6. The van der Waals surface area contributed by atoms with Crippen molar-refractivity contribution in [2.45, 2.75) is 6.54 Å². The Hall–Kier alpha value is -2.11. The van der Waals surface area contributed by atoms with E-state index in [4.69, 9.17) is 0 Å². The van der Waals surface area contributed by atoms with Crippen molar-refractivity contribution in [3.63, 3.8) is 0 Å². The zero-order chi connectivity index (χ0) is 15.5. The molecule has 0 aliphatic heterocycles. The Balaban J connectivity index is 2.10. The summed E-state index contributed by atoms with van der Waals surface area (Å²) in [7, 11) is -0.692. The molecule has 0 saturated heterocycles. The van der Waals surface area contributed by atoms with Crippen LogP contribution >= 0.6 is 0 Å². The Kier molecular flexibility index (Phi) is 4.45.